The Morgan fingerprint density at radius 2 is 2.05 bits per heavy atom. The first-order chi connectivity index (χ1) is 8.68. The fourth-order valence-electron chi connectivity index (χ4n) is 1.20. The summed E-state index contributed by atoms with van der Waals surface area (Å²) < 4.78 is 57.4. The monoisotopic (exact) mass is 297 g/mol. The van der Waals surface area contributed by atoms with Crippen LogP contribution in [0.1, 0.15) is 47.7 Å². The van der Waals surface area contributed by atoms with Crippen LogP contribution in [-0.4, -0.2) is 32.2 Å². The van der Waals surface area contributed by atoms with Gasteiger partial charge in [-0.05, 0) is 13.8 Å². The Morgan fingerprint density at radius 1 is 1.47 bits per heavy atom. The van der Waals surface area contributed by atoms with Gasteiger partial charge in [0.05, 0.1) is 6.61 Å². The second kappa shape index (κ2) is 5.64. The fraction of sp³-hybridized carbons (Fsp3) is 0.600. The number of oxazole rings is 1. The Hall–Kier alpha value is -1.51. The molecule has 0 radical (unpaired) electrons. The van der Waals surface area contributed by atoms with Crippen molar-refractivity contribution in [2.24, 2.45) is 0 Å². The first-order valence-corrected chi connectivity index (χ1v) is 7.28. The summed E-state index contributed by atoms with van der Waals surface area (Å²) in [5.74, 6) is -2.32. The summed E-state index contributed by atoms with van der Waals surface area (Å²) in [6, 6.07) is 0. The van der Waals surface area contributed by atoms with Crippen molar-refractivity contribution in [3.05, 3.63) is 17.3 Å². The molecular formula is C10H13F2NO5S. The summed E-state index contributed by atoms with van der Waals surface area (Å²) in [7, 11) is -3.58. The van der Waals surface area contributed by atoms with Crippen LogP contribution in [0.15, 0.2) is 4.42 Å². The molecule has 1 rings (SSSR count). The molecule has 0 saturated carbocycles. The van der Waals surface area contributed by atoms with Gasteiger partial charge in [0.25, 0.3) is 6.43 Å². The highest BCUT2D eigenvalue weighted by atomic mass is 32.2. The standard InChI is InChI=1S/C10H13F2NO5S/c1-4-17-10(14)7-6(8(11)12)13-9(18-7)5(2)19(3,15)16/h5,8H,4H2,1-3H3. The fourth-order valence-corrected chi connectivity index (χ4v) is 1.66. The van der Waals surface area contributed by atoms with E-state index in [0.29, 0.717) is 0 Å². The van der Waals surface area contributed by atoms with Gasteiger partial charge in [-0.2, -0.15) is 0 Å². The Balaban J connectivity index is 3.26. The maximum absolute atomic E-state index is 12.7. The molecule has 0 saturated heterocycles. The van der Waals surface area contributed by atoms with Crippen molar-refractivity contribution in [2.75, 3.05) is 12.9 Å². The predicted octanol–water partition coefficient (Wildman–Crippen LogP) is 1.89. The lowest BCUT2D eigenvalue weighted by molar-refractivity contribution is 0.0474. The Bertz CT molecular complexity index is 566. The van der Waals surface area contributed by atoms with Crippen LogP contribution in [0.2, 0.25) is 0 Å². The van der Waals surface area contributed by atoms with Crippen LogP contribution in [0, 0.1) is 0 Å². The number of halogens is 2. The maximum Gasteiger partial charge on any atom is 0.376 e. The van der Waals surface area contributed by atoms with Gasteiger partial charge in [0, 0.05) is 6.26 Å². The minimum absolute atomic E-state index is 0.0286. The van der Waals surface area contributed by atoms with Gasteiger partial charge in [0.2, 0.25) is 11.7 Å². The molecule has 0 fully saturated rings. The van der Waals surface area contributed by atoms with Crippen LogP contribution in [0.4, 0.5) is 8.78 Å². The average Bonchev–Trinajstić information content (AvgIpc) is 2.71. The molecule has 0 amide bonds. The van der Waals surface area contributed by atoms with Crippen molar-refractivity contribution >= 4 is 15.8 Å². The highest BCUT2D eigenvalue weighted by Gasteiger charge is 2.31. The largest absolute Gasteiger partial charge is 0.460 e. The summed E-state index contributed by atoms with van der Waals surface area (Å²) in [6.45, 7) is 2.70. The van der Waals surface area contributed by atoms with Crippen molar-refractivity contribution in [1.29, 1.82) is 0 Å². The second-order valence-corrected chi connectivity index (χ2v) is 6.13. The summed E-state index contributed by atoms with van der Waals surface area (Å²) >= 11 is 0. The van der Waals surface area contributed by atoms with Crippen molar-refractivity contribution < 1.29 is 31.1 Å². The summed E-state index contributed by atoms with van der Waals surface area (Å²) in [4.78, 5) is 14.8. The number of aromatic nitrogens is 1. The molecule has 0 spiro atoms. The Kier molecular flexibility index (Phi) is 4.61. The third-order valence-corrected chi connectivity index (χ3v) is 3.81. The molecule has 9 heteroatoms. The molecule has 1 unspecified atom stereocenters. The maximum atomic E-state index is 12.7. The zero-order chi connectivity index (χ0) is 14.8. The molecule has 19 heavy (non-hydrogen) atoms. The Labute approximate surface area is 108 Å². The number of hydrogen-bond acceptors (Lipinski definition) is 6. The highest BCUT2D eigenvalue weighted by Crippen LogP contribution is 2.28. The van der Waals surface area contributed by atoms with Crippen LogP contribution in [0.25, 0.3) is 0 Å². The lowest BCUT2D eigenvalue weighted by atomic mass is 10.3. The van der Waals surface area contributed by atoms with E-state index in [9.17, 15) is 22.0 Å². The van der Waals surface area contributed by atoms with Gasteiger partial charge in [0.15, 0.2) is 15.5 Å². The van der Waals surface area contributed by atoms with E-state index < -0.39 is 44.8 Å². The number of nitrogens with zero attached hydrogens (tertiary/aromatic N) is 1. The first-order valence-electron chi connectivity index (χ1n) is 5.33. The van der Waals surface area contributed by atoms with Gasteiger partial charge in [-0.15, -0.1) is 0 Å². The summed E-state index contributed by atoms with van der Waals surface area (Å²) in [6.07, 6.45) is -2.16. The third kappa shape index (κ3) is 3.49. The summed E-state index contributed by atoms with van der Waals surface area (Å²) in [5, 5.41) is -1.23. The number of ether oxygens (including phenoxy) is 1. The molecule has 6 nitrogen and oxygen atoms in total. The van der Waals surface area contributed by atoms with E-state index in [4.69, 9.17) is 4.42 Å². The highest BCUT2D eigenvalue weighted by molar-refractivity contribution is 7.90. The van der Waals surface area contributed by atoms with E-state index in [2.05, 4.69) is 9.72 Å². The molecule has 1 aromatic rings. The lowest BCUT2D eigenvalue weighted by Gasteiger charge is -2.03. The minimum Gasteiger partial charge on any atom is -0.460 e. The Morgan fingerprint density at radius 3 is 2.47 bits per heavy atom. The van der Waals surface area contributed by atoms with Gasteiger partial charge in [-0.25, -0.2) is 27.0 Å². The molecule has 0 aliphatic carbocycles. The quantitative estimate of drug-likeness (QED) is 0.771. The van der Waals surface area contributed by atoms with Gasteiger partial charge in [-0.3, -0.25) is 0 Å². The second-order valence-electron chi connectivity index (χ2n) is 3.76. The SMILES string of the molecule is CCOC(=O)c1oc(C(C)S(C)(=O)=O)nc1C(F)F. The number of sulfone groups is 1. The molecule has 0 N–H and O–H groups in total. The molecule has 0 aromatic carbocycles. The van der Waals surface area contributed by atoms with Crippen LogP contribution in [-0.2, 0) is 14.6 Å². The molecule has 0 aliphatic heterocycles. The van der Waals surface area contributed by atoms with Crippen LogP contribution < -0.4 is 0 Å². The van der Waals surface area contributed by atoms with E-state index in [1.165, 1.54) is 13.8 Å². The van der Waals surface area contributed by atoms with Gasteiger partial charge in [0.1, 0.15) is 5.25 Å². The normalized spacial score (nSPS) is 13.6. The smallest absolute Gasteiger partial charge is 0.376 e. The number of carbonyl (C=O) groups is 1. The topological polar surface area (TPSA) is 86.5 Å². The van der Waals surface area contributed by atoms with Gasteiger partial charge < -0.3 is 9.15 Å². The number of carbonyl (C=O) groups excluding carboxylic acids is 1. The predicted molar refractivity (Wildman–Crippen MR) is 60.7 cm³/mol. The van der Waals surface area contributed by atoms with Crippen molar-refractivity contribution in [2.45, 2.75) is 25.5 Å². The average molecular weight is 297 g/mol. The van der Waals surface area contributed by atoms with E-state index >= 15 is 0 Å². The van der Waals surface area contributed by atoms with Crippen molar-refractivity contribution in [3.63, 3.8) is 0 Å². The minimum atomic E-state index is -3.58. The molecule has 1 atom stereocenters. The summed E-state index contributed by atoms with van der Waals surface area (Å²) in [5.41, 5.74) is -0.913. The number of rotatable bonds is 5. The van der Waals surface area contributed by atoms with Gasteiger partial charge in [-0.1, -0.05) is 0 Å². The lowest BCUT2D eigenvalue weighted by Crippen LogP contribution is -2.08. The number of esters is 1. The number of alkyl halides is 2. The first kappa shape index (κ1) is 15.5. The number of hydrogen-bond donors (Lipinski definition) is 0. The van der Waals surface area contributed by atoms with E-state index in [0.717, 1.165) is 6.26 Å². The molecular weight excluding hydrogens is 284 g/mol. The molecule has 108 valence electrons. The van der Waals surface area contributed by atoms with E-state index in [1.54, 1.807) is 0 Å². The van der Waals surface area contributed by atoms with E-state index in [1.807, 2.05) is 0 Å². The van der Waals surface area contributed by atoms with E-state index in [-0.39, 0.29) is 6.61 Å². The zero-order valence-corrected chi connectivity index (χ0v) is 11.3. The molecule has 1 heterocycles. The van der Waals surface area contributed by atoms with Crippen LogP contribution in [0.5, 0.6) is 0 Å². The van der Waals surface area contributed by atoms with Crippen molar-refractivity contribution in [1.82, 2.24) is 4.98 Å². The van der Waals surface area contributed by atoms with Crippen molar-refractivity contribution in [3.8, 4) is 0 Å². The van der Waals surface area contributed by atoms with Gasteiger partial charge >= 0.3 is 5.97 Å². The molecule has 0 bridgehead atoms. The van der Waals surface area contributed by atoms with Crippen LogP contribution in [0.3, 0.4) is 0 Å². The molecule has 1 aromatic heterocycles. The zero-order valence-electron chi connectivity index (χ0n) is 10.5. The van der Waals surface area contributed by atoms with Crippen LogP contribution >= 0.6 is 0 Å². The third-order valence-electron chi connectivity index (χ3n) is 2.33. The molecule has 0 aliphatic rings.